The molecule has 8 nitrogen and oxygen atoms in total. The van der Waals surface area contributed by atoms with Gasteiger partial charge in [0.05, 0.1) is 9.82 Å². The molecule has 1 saturated heterocycles. The Bertz CT molecular complexity index is 942. The summed E-state index contributed by atoms with van der Waals surface area (Å²) in [5.41, 5.74) is 0.661. The van der Waals surface area contributed by atoms with E-state index in [9.17, 15) is 18.5 Å². The van der Waals surface area contributed by atoms with Crippen LogP contribution in [0.15, 0.2) is 47.4 Å². The first-order valence-corrected chi connectivity index (χ1v) is 10.1. The Morgan fingerprint density at radius 1 is 1.07 bits per heavy atom. The first-order valence-electron chi connectivity index (χ1n) is 8.27. The minimum Gasteiger partial charge on any atom is -0.350 e. The molecular formula is C17H19ClN4O4S. The monoisotopic (exact) mass is 410 g/mol. The van der Waals surface area contributed by atoms with Crippen LogP contribution in [0.25, 0.3) is 0 Å². The maximum Gasteiger partial charge on any atom is 0.294 e. The average Bonchev–Trinajstić information content (AvgIpc) is 2.64. The molecule has 0 saturated carbocycles. The Labute approximate surface area is 162 Å². The topological polar surface area (TPSA) is 95.8 Å². The highest BCUT2D eigenvalue weighted by molar-refractivity contribution is 7.89. The number of rotatable bonds is 5. The summed E-state index contributed by atoms with van der Waals surface area (Å²) in [5, 5.41) is 14.4. The zero-order chi connectivity index (χ0) is 19.6. The Morgan fingerprint density at radius 2 is 1.70 bits per heavy atom. The van der Waals surface area contributed by atoms with E-state index in [-0.39, 0.29) is 21.3 Å². The standard InChI is InChI=1S/C17H19ClN4O4S/c1-20-8-10-21(11-9-20)27(25,26)15-5-3-14(4-6-15)19-16-7-2-13(18)12-17(16)22(23)24/h2-7,12,19H,8-11H2,1H3. The Morgan fingerprint density at radius 3 is 2.30 bits per heavy atom. The molecule has 0 radical (unpaired) electrons. The lowest BCUT2D eigenvalue weighted by molar-refractivity contribution is -0.383. The van der Waals surface area contributed by atoms with Crippen LogP contribution in [0.3, 0.4) is 0 Å². The molecule has 0 aliphatic carbocycles. The van der Waals surface area contributed by atoms with Gasteiger partial charge in [-0.05, 0) is 43.4 Å². The lowest BCUT2D eigenvalue weighted by Crippen LogP contribution is -2.46. The number of piperazine rings is 1. The highest BCUT2D eigenvalue weighted by Gasteiger charge is 2.27. The molecule has 0 atom stereocenters. The van der Waals surface area contributed by atoms with Gasteiger partial charge in [-0.3, -0.25) is 10.1 Å². The fourth-order valence-electron chi connectivity index (χ4n) is 2.80. The molecule has 144 valence electrons. The van der Waals surface area contributed by atoms with Crippen molar-refractivity contribution < 1.29 is 13.3 Å². The average molecular weight is 411 g/mol. The molecule has 1 N–H and O–H groups in total. The number of halogens is 1. The largest absolute Gasteiger partial charge is 0.350 e. The summed E-state index contributed by atoms with van der Waals surface area (Å²) in [4.78, 5) is 12.9. The predicted octanol–water partition coefficient (Wildman–Crippen LogP) is 2.93. The van der Waals surface area contributed by atoms with Gasteiger partial charge in [-0.2, -0.15) is 4.31 Å². The summed E-state index contributed by atoms with van der Waals surface area (Å²) in [6, 6.07) is 10.5. The van der Waals surface area contributed by atoms with Crippen LogP contribution < -0.4 is 5.32 Å². The van der Waals surface area contributed by atoms with Gasteiger partial charge in [-0.15, -0.1) is 0 Å². The molecule has 1 aliphatic heterocycles. The van der Waals surface area contributed by atoms with Crippen molar-refractivity contribution in [2.45, 2.75) is 4.90 Å². The molecule has 0 unspecified atom stereocenters. The van der Waals surface area contributed by atoms with Crippen molar-refractivity contribution in [2.24, 2.45) is 0 Å². The number of sulfonamides is 1. The Balaban J connectivity index is 1.79. The number of nitrogens with one attached hydrogen (secondary N) is 1. The minimum atomic E-state index is -3.55. The van der Waals surface area contributed by atoms with Crippen LogP contribution in [0.2, 0.25) is 5.02 Å². The molecule has 3 rings (SSSR count). The van der Waals surface area contributed by atoms with Gasteiger partial charge in [-0.1, -0.05) is 11.6 Å². The highest BCUT2D eigenvalue weighted by Crippen LogP contribution is 2.31. The Hall–Kier alpha value is -2.20. The quantitative estimate of drug-likeness (QED) is 0.601. The van der Waals surface area contributed by atoms with Crippen LogP contribution in [0, 0.1) is 10.1 Å². The number of hydrogen-bond acceptors (Lipinski definition) is 6. The maximum atomic E-state index is 12.7. The van der Waals surface area contributed by atoms with Crippen LogP contribution in [-0.2, 0) is 10.0 Å². The van der Waals surface area contributed by atoms with Gasteiger partial charge in [-0.25, -0.2) is 8.42 Å². The van der Waals surface area contributed by atoms with Crippen molar-refractivity contribution in [3.63, 3.8) is 0 Å². The van der Waals surface area contributed by atoms with E-state index in [2.05, 4.69) is 10.2 Å². The third-order valence-corrected chi connectivity index (χ3v) is 6.54. The minimum absolute atomic E-state index is 0.156. The third kappa shape index (κ3) is 4.38. The predicted molar refractivity (Wildman–Crippen MR) is 104 cm³/mol. The van der Waals surface area contributed by atoms with Gasteiger partial charge in [0.2, 0.25) is 10.0 Å². The van der Waals surface area contributed by atoms with Crippen LogP contribution in [0.5, 0.6) is 0 Å². The highest BCUT2D eigenvalue weighted by atomic mass is 35.5. The van der Waals surface area contributed by atoms with Crippen LogP contribution in [0.4, 0.5) is 17.1 Å². The second-order valence-electron chi connectivity index (χ2n) is 6.28. The van der Waals surface area contributed by atoms with Gasteiger partial charge in [0.1, 0.15) is 5.69 Å². The summed E-state index contributed by atoms with van der Waals surface area (Å²) in [7, 11) is -1.59. The van der Waals surface area contributed by atoms with E-state index in [0.29, 0.717) is 31.9 Å². The molecule has 1 heterocycles. The zero-order valence-corrected chi connectivity index (χ0v) is 16.2. The summed E-state index contributed by atoms with van der Waals surface area (Å²) >= 11 is 5.81. The fourth-order valence-corrected chi connectivity index (χ4v) is 4.39. The van der Waals surface area contributed by atoms with E-state index in [0.717, 1.165) is 0 Å². The SMILES string of the molecule is CN1CCN(S(=O)(=O)c2ccc(Nc3ccc(Cl)cc3[N+](=O)[O-])cc2)CC1. The number of likely N-dealkylation sites (N-methyl/N-ethyl adjacent to an activating group) is 1. The molecule has 1 fully saturated rings. The summed E-state index contributed by atoms with van der Waals surface area (Å²) in [6.45, 7) is 2.30. The van der Waals surface area contributed by atoms with E-state index in [4.69, 9.17) is 11.6 Å². The zero-order valence-electron chi connectivity index (χ0n) is 14.6. The van der Waals surface area contributed by atoms with Crippen LogP contribution in [0.1, 0.15) is 0 Å². The van der Waals surface area contributed by atoms with Crippen molar-refractivity contribution in [1.29, 1.82) is 0 Å². The van der Waals surface area contributed by atoms with E-state index >= 15 is 0 Å². The van der Waals surface area contributed by atoms with E-state index < -0.39 is 14.9 Å². The molecule has 2 aromatic carbocycles. The van der Waals surface area contributed by atoms with Crippen molar-refractivity contribution >= 4 is 38.7 Å². The molecular weight excluding hydrogens is 392 g/mol. The van der Waals surface area contributed by atoms with Crippen LogP contribution >= 0.6 is 11.6 Å². The van der Waals surface area contributed by atoms with Crippen molar-refractivity contribution in [2.75, 3.05) is 38.5 Å². The van der Waals surface area contributed by atoms with E-state index in [1.165, 1.54) is 28.6 Å². The van der Waals surface area contributed by atoms with Gasteiger partial charge < -0.3 is 10.2 Å². The fraction of sp³-hybridized carbons (Fsp3) is 0.294. The molecule has 2 aromatic rings. The number of nitro benzene ring substituents is 1. The third-order valence-electron chi connectivity index (χ3n) is 4.39. The van der Waals surface area contributed by atoms with E-state index in [1.54, 1.807) is 18.2 Å². The lowest BCUT2D eigenvalue weighted by atomic mass is 10.2. The number of hydrogen-bond donors (Lipinski definition) is 1. The molecule has 0 aromatic heterocycles. The Kier molecular flexibility index (Phi) is 5.66. The number of nitrogens with zero attached hydrogens (tertiary/aromatic N) is 3. The molecule has 27 heavy (non-hydrogen) atoms. The number of anilines is 2. The van der Waals surface area contributed by atoms with Gasteiger partial charge >= 0.3 is 0 Å². The molecule has 1 aliphatic rings. The first-order chi connectivity index (χ1) is 12.8. The van der Waals surface area contributed by atoms with Gasteiger partial charge in [0, 0.05) is 43.0 Å². The van der Waals surface area contributed by atoms with Crippen molar-refractivity contribution in [1.82, 2.24) is 9.21 Å². The number of benzene rings is 2. The van der Waals surface area contributed by atoms with Gasteiger partial charge in [0.25, 0.3) is 5.69 Å². The van der Waals surface area contributed by atoms with E-state index in [1.807, 2.05) is 7.05 Å². The summed E-state index contributed by atoms with van der Waals surface area (Å²) in [5.74, 6) is 0. The van der Waals surface area contributed by atoms with Crippen molar-refractivity contribution in [3.05, 3.63) is 57.6 Å². The molecule has 0 spiro atoms. The molecule has 0 bridgehead atoms. The second kappa shape index (κ2) is 7.81. The van der Waals surface area contributed by atoms with Crippen molar-refractivity contribution in [3.8, 4) is 0 Å². The summed E-state index contributed by atoms with van der Waals surface area (Å²) < 4.78 is 26.9. The summed E-state index contributed by atoms with van der Waals surface area (Å²) in [6.07, 6.45) is 0. The second-order valence-corrected chi connectivity index (χ2v) is 8.65. The smallest absolute Gasteiger partial charge is 0.294 e. The molecule has 10 heteroatoms. The lowest BCUT2D eigenvalue weighted by Gasteiger charge is -2.31. The normalized spacial score (nSPS) is 16.2. The maximum absolute atomic E-state index is 12.7. The first kappa shape index (κ1) is 19.6. The van der Waals surface area contributed by atoms with Gasteiger partial charge in [0.15, 0.2) is 0 Å². The number of nitro groups is 1. The molecule has 0 amide bonds. The van der Waals surface area contributed by atoms with Crippen LogP contribution in [-0.4, -0.2) is 55.8 Å².